The second kappa shape index (κ2) is 8.68. The molecule has 0 aliphatic heterocycles. The molecule has 0 aromatic rings. The van der Waals surface area contributed by atoms with Crippen LogP contribution in [0.4, 0.5) is 0 Å². The minimum Gasteiger partial charge on any atom is -0.393 e. The van der Waals surface area contributed by atoms with Gasteiger partial charge in [-0.1, -0.05) is 13.3 Å². The molecular formula is C11H23NO3. The van der Waals surface area contributed by atoms with Crippen LogP contribution in [0.25, 0.3) is 0 Å². The molecule has 0 radical (unpaired) electrons. The predicted molar refractivity (Wildman–Crippen MR) is 59.6 cm³/mol. The summed E-state index contributed by atoms with van der Waals surface area (Å²) in [5.41, 5.74) is 0. The molecule has 0 aromatic heterocycles. The van der Waals surface area contributed by atoms with Crippen LogP contribution in [0.5, 0.6) is 0 Å². The van der Waals surface area contributed by atoms with E-state index in [4.69, 9.17) is 9.84 Å². The van der Waals surface area contributed by atoms with E-state index in [0.717, 1.165) is 12.8 Å². The normalized spacial score (nSPS) is 14.7. The van der Waals surface area contributed by atoms with Gasteiger partial charge < -0.3 is 15.2 Å². The first-order chi connectivity index (χ1) is 7.07. The highest BCUT2D eigenvalue weighted by atomic mass is 16.5. The van der Waals surface area contributed by atoms with E-state index >= 15 is 0 Å². The van der Waals surface area contributed by atoms with Gasteiger partial charge in [-0.2, -0.15) is 0 Å². The molecule has 15 heavy (non-hydrogen) atoms. The van der Waals surface area contributed by atoms with Gasteiger partial charge in [0, 0.05) is 13.2 Å². The first-order valence-electron chi connectivity index (χ1n) is 5.65. The van der Waals surface area contributed by atoms with Crippen molar-refractivity contribution in [1.29, 1.82) is 0 Å². The zero-order valence-corrected chi connectivity index (χ0v) is 9.95. The first kappa shape index (κ1) is 14.4. The fraction of sp³-hybridized carbons (Fsp3) is 0.909. The van der Waals surface area contributed by atoms with Crippen molar-refractivity contribution in [3.63, 3.8) is 0 Å². The largest absolute Gasteiger partial charge is 0.393 e. The Morgan fingerprint density at radius 3 is 2.67 bits per heavy atom. The molecule has 0 aliphatic rings. The van der Waals surface area contributed by atoms with Crippen molar-refractivity contribution in [3.05, 3.63) is 0 Å². The summed E-state index contributed by atoms with van der Waals surface area (Å²) in [7, 11) is 0. The number of carbonyl (C=O) groups excluding carboxylic acids is 1. The molecule has 0 spiro atoms. The van der Waals surface area contributed by atoms with Gasteiger partial charge in [-0.05, 0) is 26.7 Å². The molecule has 2 atom stereocenters. The van der Waals surface area contributed by atoms with Crippen LogP contribution in [0.3, 0.4) is 0 Å². The third kappa shape index (κ3) is 8.39. The zero-order chi connectivity index (χ0) is 11.7. The molecule has 0 fully saturated rings. The van der Waals surface area contributed by atoms with Crippen LogP contribution in [0, 0.1) is 0 Å². The molecule has 4 nitrogen and oxygen atoms in total. The van der Waals surface area contributed by atoms with Crippen molar-refractivity contribution in [2.24, 2.45) is 0 Å². The van der Waals surface area contributed by atoms with Crippen LogP contribution < -0.4 is 5.32 Å². The van der Waals surface area contributed by atoms with Crippen molar-refractivity contribution in [3.8, 4) is 0 Å². The second-order valence-corrected chi connectivity index (χ2v) is 3.80. The second-order valence-electron chi connectivity index (χ2n) is 3.80. The van der Waals surface area contributed by atoms with Crippen LogP contribution in [-0.4, -0.2) is 36.4 Å². The number of unbranched alkanes of at least 4 members (excludes halogenated alkanes) is 1. The molecule has 0 saturated carbocycles. The van der Waals surface area contributed by atoms with E-state index in [1.54, 1.807) is 13.8 Å². The Morgan fingerprint density at radius 1 is 1.47 bits per heavy atom. The molecule has 1 amide bonds. The van der Waals surface area contributed by atoms with Gasteiger partial charge in [-0.15, -0.1) is 0 Å². The molecule has 0 bridgehead atoms. The third-order valence-electron chi connectivity index (χ3n) is 2.10. The molecule has 0 saturated heterocycles. The maximum atomic E-state index is 11.4. The lowest BCUT2D eigenvalue weighted by atomic mass is 10.3. The van der Waals surface area contributed by atoms with Crippen LogP contribution >= 0.6 is 0 Å². The summed E-state index contributed by atoms with van der Waals surface area (Å²) < 4.78 is 5.33. The van der Waals surface area contributed by atoms with E-state index < -0.39 is 6.10 Å². The Hall–Kier alpha value is -0.610. The number of aliphatic hydroxyl groups excluding tert-OH is 1. The Kier molecular flexibility index (Phi) is 8.33. The van der Waals surface area contributed by atoms with E-state index in [2.05, 4.69) is 12.2 Å². The van der Waals surface area contributed by atoms with Gasteiger partial charge in [-0.25, -0.2) is 0 Å². The van der Waals surface area contributed by atoms with Crippen LogP contribution in [0.15, 0.2) is 0 Å². The van der Waals surface area contributed by atoms with Crippen LogP contribution in [0.2, 0.25) is 0 Å². The predicted octanol–water partition coefficient (Wildman–Crippen LogP) is 1.08. The summed E-state index contributed by atoms with van der Waals surface area (Å²) in [5.74, 6) is -0.105. The summed E-state index contributed by atoms with van der Waals surface area (Å²) >= 11 is 0. The number of nitrogens with one attached hydrogen (secondary N) is 1. The Bertz CT molecular complexity index is 171. The molecule has 0 rings (SSSR count). The topological polar surface area (TPSA) is 58.6 Å². The highest BCUT2D eigenvalue weighted by Gasteiger charge is 2.12. The maximum absolute atomic E-state index is 11.4. The monoisotopic (exact) mass is 217 g/mol. The Balaban J connectivity index is 3.51. The van der Waals surface area contributed by atoms with Gasteiger partial charge in [0.1, 0.15) is 6.10 Å². The van der Waals surface area contributed by atoms with E-state index in [1.807, 2.05) is 0 Å². The molecule has 0 heterocycles. The molecule has 4 heteroatoms. The van der Waals surface area contributed by atoms with Crippen molar-refractivity contribution in [2.45, 2.75) is 52.2 Å². The number of aliphatic hydroxyl groups is 1. The van der Waals surface area contributed by atoms with Crippen molar-refractivity contribution >= 4 is 5.91 Å². The lowest BCUT2D eigenvalue weighted by Crippen LogP contribution is -2.36. The van der Waals surface area contributed by atoms with E-state index in [0.29, 0.717) is 19.6 Å². The number of hydrogen-bond donors (Lipinski definition) is 2. The Labute approximate surface area is 92.0 Å². The lowest BCUT2D eigenvalue weighted by Gasteiger charge is -2.13. The average Bonchev–Trinajstić information content (AvgIpc) is 2.17. The molecular weight excluding hydrogens is 194 g/mol. The Morgan fingerprint density at radius 2 is 2.13 bits per heavy atom. The molecule has 2 N–H and O–H groups in total. The quantitative estimate of drug-likeness (QED) is 0.598. The number of amides is 1. The number of rotatable bonds is 8. The highest BCUT2D eigenvalue weighted by Crippen LogP contribution is 1.95. The molecule has 90 valence electrons. The van der Waals surface area contributed by atoms with Crippen LogP contribution in [-0.2, 0) is 9.53 Å². The van der Waals surface area contributed by atoms with Crippen molar-refractivity contribution in [2.75, 3.05) is 13.2 Å². The zero-order valence-electron chi connectivity index (χ0n) is 9.95. The average molecular weight is 217 g/mol. The number of hydrogen-bond acceptors (Lipinski definition) is 3. The SMILES string of the molecule is CCCCOC(C)C(=O)NCCC(C)O. The molecule has 0 aliphatic carbocycles. The summed E-state index contributed by atoms with van der Waals surface area (Å²) in [6.45, 7) is 6.65. The minimum absolute atomic E-state index is 0.105. The van der Waals surface area contributed by atoms with Crippen LogP contribution in [0.1, 0.15) is 40.0 Å². The fourth-order valence-corrected chi connectivity index (χ4v) is 1.03. The third-order valence-corrected chi connectivity index (χ3v) is 2.10. The van der Waals surface area contributed by atoms with Gasteiger partial charge >= 0.3 is 0 Å². The van der Waals surface area contributed by atoms with Gasteiger partial charge in [0.2, 0.25) is 5.91 Å². The van der Waals surface area contributed by atoms with Crippen molar-refractivity contribution < 1.29 is 14.6 Å². The minimum atomic E-state index is -0.398. The first-order valence-corrected chi connectivity index (χ1v) is 5.65. The molecule has 0 aromatic carbocycles. The van der Waals surface area contributed by atoms with Gasteiger partial charge in [-0.3, -0.25) is 4.79 Å². The van der Waals surface area contributed by atoms with E-state index in [9.17, 15) is 4.79 Å². The summed E-state index contributed by atoms with van der Waals surface area (Å²) in [6.07, 6.45) is 1.85. The standard InChI is InChI=1S/C11H23NO3/c1-4-5-8-15-10(3)11(14)12-7-6-9(2)13/h9-10,13H,4-8H2,1-3H3,(H,12,14). The fourth-order valence-electron chi connectivity index (χ4n) is 1.03. The van der Waals surface area contributed by atoms with Crippen molar-refractivity contribution in [1.82, 2.24) is 5.32 Å². The summed E-state index contributed by atoms with van der Waals surface area (Å²) in [6, 6.07) is 0. The highest BCUT2D eigenvalue weighted by molar-refractivity contribution is 5.80. The number of carbonyl (C=O) groups is 1. The maximum Gasteiger partial charge on any atom is 0.248 e. The van der Waals surface area contributed by atoms with E-state index in [-0.39, 0.29) is 12.0 Å². The summed E-state index contributed by atoms with van der Waals surface area (Å²) in [4.78, 5) is 11.4. The van der Waals surface area contributed by atoms with E-state index in [1.165, 1.54) is 0 Å². The summed E-state index contributed by atoms with van der Waals surface area (Å²) in [5, 5.41) is 11.7. The lowest BCUT2D eigenvalue weighted by molar-refractivity contribution is -0.131. The number of ether oxygens (including phenoxy) is 1. The van der Waals surface area contributed by atoms with Gasteiger partial charge in [0.25, 0.3) is 0 Å². The smallest absolute Gasteiger partial charge is 0.248 e. The van der Waals surface area contributed by atoms with Gasteiger partial charge in [0.05, 0.1) is 6.10 Å². The molecule has 2 unspecified atom stereocenters. The van der Waals surface area contributed by atoms with Gasteiger partial charge in [0.15, 0.2) is 0 Å².